The van der Waals surface area contributed by atoms with E-state index in [1.807, 2.05) is 17.0 Å². The van der Waals surface area contributed by atoms with Gasteiger partial charge in [0.1, 0.15) is 5.69 Å². The number of hydrogen-bond acceptors (Lipinski definition) is 3. The van der Waals surface area contributed by atoms with E-state index in [0.717, 1.165) is 62.4 Å². The van der Waals surface area contributed by atoms with Crippen molar-refractivity contribution in [1.29, 1.82) is 0 Å². The van der Waals surface area contributed by atoms with Crippen molar-refractivity contribution in [3.8, 4) is 0 Å². The number of ether oxygens (including phenoxy) is 1. The molecule has 2 aliphatic heterocycles. The molecular weight excluding hydrogens is 338 g/mol. The predicted octanol–water partition coefficient (Wildman–Crippen LogP) is 3.45. The van der Waals surface area contributed by atoms with Crippen LogP contribution in [-0.4, -0.2) is 66.1 Å². The van der Waals surface area contributed by atoms with Crippen LogP contribution in [0.5, 0.6) is 0 Å². The third-order valence-electron chi connectivity index (χ3n) is 5.93. The van der Waals surface area contributed by atoms with Gasteiger partial charge in [0, 0.05) is 37.1 Å². The summed E-state index contributed by atoms with van der Waals surface area (Å²) < 4.78 is 6.09. The zero-order valence-corrected chi connectivity index (χ0v) is 16.4. The predicted molar refractivity (Wildman–Crippen MR) is 108 cm³/mol. The molecule has 2 aromatic rings. The number of para-hydroxylation sites is 1. The zero-order chi connectivity index (χ0) is 18.6. The maximum absolute atomic E-state index is 13.4. The number of benzene rings is 1. The van der Waals surface area contributed by atoms with Crippen LogP contribution in [0, 0.1) is 0 Å². The van der Waals surface area contributed by atoms with Crippen molar-refractivity contribution in [1.82, 2.24) is 14.8 Å². The fourth-order valence-corrected chi connectivity index (χ4v) is 4.53. The van der Waals surface area contributed by atoms with E-state index < -0.39 is 0 Å². The first-order chi connectivity index (χ1) is 13.3. The molecule has 1 aromatic carbocycles. The minimum atomic E-state index is 0.115. The molecule has 1 unspecified atom stereocenters. The third kappa shape index (κ3) is 4.04. The second kappa shape index (κ2) is 8.44. The summed E-state index contributed by atoms with van der Waals surface area (Å²) in [6, 6.07) is 8.21. The maximum atomic E-state index is 13.4. The van der Waals surface area contributed by atoms with E-state index in [2.05, 4.69) is 28.9 Å². The topological polar surface area (TPSA) is 48.6 Å². The van der Waals surface area contributed by atoms with E-state index in [-0.39, 0.29) is 12.0 Å². The Morgan fingerprint density at radius 1 is 1.15 bits per heavy atom. The van der Waals surface area contributed by atoms with Crippen molar-refractivity contribution in [2.75, 3.05) is 39.3 Å². The number of piperidine rings is 1. The molecule has 0 radical (unpaired) electrons. The summed E-state index contributed by atoms with van der Waals surface area (Å²) in [7, 11) is 0. The number of amides is 1. The lowest BCUT2D eigenvalue weighted by Crippen LogP contribution is -2.44. The monoisotopic (exact) mass is 369 g/mol. The summed E-state index contributed by atoms with van der Waals surface area (Å²) in [5.74, 6) is 0.122. The van der Waals surface area contributed by atoms with Crippen LogP contribution in [0.25, 0.3) is 10.9 Å². The number of fused-ring (bicyclic) bond motifs is 1. The van der Waals surface area contributed by atoms with Gasteiger partial charge in [0.2, 0.25) is 0 Å². The van der Waals surface area contributed by atoms with Crippen molar-refractivity contribution in [3.63, 3.8) is 0 Å². The van der Waals surface area contributed by atoms with Crippen LogP contribution < -0.4 is 0 Å². The fourth-order valence-electron chi connectivity index (χ4n) is 4.53. The second-order valence-corrected chi connectivity index (χ2v) is 7.84. The van der Waals surface area contributed by atoms with Gasteiger partial charge in [-0.2, -0.15) is 0 Å². The minimum Gasteiger partial charge on any atom is -0.375 e. The van der Waals surface area contributed by atoms with Gasteiger partial charge in [-0.25, -0.2) is 0 Å². The average Bonchev–Trinajstić information content (AvgIpc) is 2.92. The summed E-state index contributed by atoms with van der Waals surface area (Å²) in [5.41, 5.74) is 2.94. The summed E-state index contributed by atoms with van der Waals surface area (Å²) in [6.07, 6.45) is 5.78. The first-order valence-electron chi connectivity index (χ1n) is 10.5. The summed E-state index contributed by atoms with van der Waals surface area (Å²) in [4.78, 5) is 21.3. The molecule has 2 fully saturated rings. The average molecular weight is 370 g/mol. The molecule has 0 bridgehead atoms. The Hall–Kier alpha value is -1.85. The highest BCUT2D eigenvalue weighted by Gasteiger charge is 2.28. The summed E-state index contributed by atoms with van der Waals surface area (Å²) in [5, 5.41) is 1.17. The number of carbonyl (C=O) groups excluding carboxylic acids is 1. The molecule has 0 aliphatic carbocycles. The van der Waals surface area contributed by atoms with Gasteiger partial charge < -0.3 is 19.5 Å². The number of nitrogens with zero attached hydrogens (tertiary/aromatic N) is 2. The Labute approximate surface area is 161 Å². The van der Waals surface area contributed by atoms with E-state index in [0.29, 0.717) is 6.54 Å². The number of nitrogens with one attached hydrogen (secondary N) is 1. The Morgan fingerprint density at radius 3 is 2.78 bits per heavy atom. The first kappa shape index (κ1) is 18.5. The smallest absolute Gasteiger partial charge is 0.270 e. The zero-order valence-electron chi connectivity index (χ0n) is 16.4. The number of likely N-dealkylation sites (tertiary alicyclic amines) is 1. The molecule has 3 heterocycles. The normalized spacial score (nSPS) is 22.1. The molecule has 2 saturated heterocycles. The Kier molecular flexibility index (Phi) is 5.79. The van der Waals surface area contributed by atoms with Crippen molar-refractivity contribution in [3.05, 3.63) is 35.5 Å². The van der Waals surface area contributed by atoms with Crippen molar-refractivity contribution >= 4 is 16.8 Å². The first-order valence-corrected chi connectivity index (χ1v) is 10.5. The number of aryl methyl sites for hydroxylation is 1. The molecule has 0 saturated carbocycles. The molecule has 0 spiro atoms. The number of carbonyl (C=O) groups is 1. The number of rotatable bonds is 4. The molecule has 146 valence electrons. The number of aromatic amines is 1. The van der Waals surface area contributed by atoms with Crippen LogP contribution in [0.15, 0.2) is 24.3 Å². The van der Waals surface area contributed by atoms with E-state index in [1.54, 1.807) is 0 Å². The molecule has 1 amide bonds. The van der Waals surface area contributed by atoms with E-state index >= 15 is 0 Å². The van der Waals surface area contributed by atoms with E-state index in [9.17, 15) is 4.79 Å². The van der Waals surface area contributed by atoms with Crippen molar-refractivity contribution < 1.29 is 9.53 Å². The van der Waals surface area contributed by atoms with Crippen LogP contribution >= 0.6 is 0 Å². The quantitative estimate of drug-likeness (QED) is 0.898. The Morgan fingerprint density at radius 2 is 1.96 bits per heavy atom. The molecule has 4 rings (SSSR count). The maximum Gasteiger partial charge on any atom is 0.270 e. The van der Waals surface area contributed by atoms with Gasteiger partial charge in [-0.15, -0.1) is 0 Å². The molecule has 1 N–H and O–H groups in total. The minimum absolute atomic E-state index is 0.115. The van der Waals surface area contributed by atoms with E-state index in [4.69, 9.17) is 4.74 Å². The molecule has 1 atom stereocenters. The van der Waals surface area contributed by atoms with Crippen LogP contribution in [0.2, 0.25) is 0 Å². The highest BCUT2D eigenvalue weighted by atomic mass is 16.5. The van der Waals surface area contributed by atoms with Gasteiger partial charge in [-0.3, -0.25) is 4.79 Å². The van der Waals surface area contributed by atoms with Crippen molar-refractivity contribution in [2.45, 2.75) is 45.1 Å². The van der Waals surface area contributed by atoms with Gasteiger partial charge >= 0.3 is 0 Å². The summed E-state index contributed by atoms with van der Waals surface area (Å²) >= 11 is 0. The number of hydrogen-bond donors (Lipinski definition) is 1. The fraction of sp³-hybridized carbons (Fsp3) is 0.591. The highest BCUT2D eigenvalue weighted by Crippen LogP contribution is 2.25. The summed E-state index contributed by atoms with van der Waals surface area (Å²) in [6.45, 7) is 7.59. The Bertz CT molecular complexity index is 779. The molecule has 2 aliphatic rings. The molecular formula is C22H31N3O2. The van der Waals surface area contributed by atoms with Crippen molar-refractivity contribution in [2.24, 2.45) is 0 Å². The molecule has 5 heteroatoms. The van der Waals surface area contributed by atoms with Gasteiger partial charge in [-0.1, -0.05) is 31.5 Å². The van der Waals surface area contributed by atoms with Gasteiger partial charge in [0.15, 0.2) is 0 Å². The molecule has 5 nitrogen and oxygen atoms in total. The van der Waals surface area contributed by atoms with Gasteiger partial charge in [0.05, 0.1) is 6.10 Å². The highest BCUT2D eigenvalue weighted by molar-refractivity contribution is 6.01. The number of H-pyrrole nitrogens is 1. The number of aromatic nitrogens is 1. The van der Waals surface area contributed by atoms with Crippen LogP contribution in [0.3, 0.4) is 0 Å². The lowest BCUT2D eigenvalue weighted by molar-refractivity contribution is 0.0215. The Balaban J connectivity index is 1.51. The van der Waals surface area contributed by atoms with Crippen LogP contribution in [0.4, 0.5) is 0 Å². The van der Waals surface area contributed by atoms with Gasteiger partial charge in [-0.05, 0) is 50.4 Å². The third-order valence-corrected chi connectivity index (χ3v) is 5.93. The molecule has 27 heavy (non-hydrogen) atoms. The molecule has 1 aromatic heterocycles. The van der Waals surface area contributed by atoms with Crippen LogP contribution in [0.1, 0.15) is 48.7 Å². The standard InChI is InChI=1S/C22H31N3O2/c1-2-18-19-9-4-5-10-20(19)23-21(18)22(26)25-13-8-14-27-17(16-25)15-24-11-6-3-7-12-24/h4-5,9-10,17,23H,2-3,6-8,11-16H2,1H3. The van der Waals surface area contributed by atoms with E-state index in [1.165, 1.54) is 24.6 Å². The largest absolute Gasteiger partial charge is 0.375 e. The SMILES string of the molecule is CCc1c(C(=O)N2CCCOC(CN3CCCCC3)C2)[nH]c2ccccc12. The second-order valence-electron chi connectivity index (χ2n) is 7.84. The lowest BCUT2D eigenvalue weighted by atomic mass is 10.1. The lowest BCUT2D eigenvalue weighted by Gasteiger charge is -2.31. The van der Waals surface area contributed by atoms with Crippen LogP contribution in [-0.2, 0) is 11.2 Å². The van der Waals surface area contributed by atoms with Gasteiger partial charge in [0.25, 0.3) is 5.91 Å².